The van der Waals surface area contributed by atoms with Gasteiger partial charge in [-0.15, -0.1) is 6.42 Å². The van der Waals surface area contributed by atoms with Crippen LogP contribution in [0.1, 0.15) is 25.0 Å². The Bertz CT molecular complexity index is 497. The van der Waals surface area contributed by atoms with Crippen LogP contribution in [-0.2, 0) is 17.8 Å². The summed E-state index contributed by atoms with van der Waals surface area (Å²) in [5.41, 5.74) is 0.568. The van der Waals surface area contributed by atoms with Gasteiger partial charge in [0, 0.05) is 0 Å². The van der Waals surface area contributed by atoms with Gasteiger partial charge < -0.3 is 14.9 Å². The second-order valence-corrected chi connectivity index (χ2v) is 4.96. The number of carbonyl (C=O) groups is 1. The number of aliphatic carboxylic acids is 1. The van der Waals surface area contributed by atoms with Crippen LogP contribution in [0.25, 0.3) is 0 Å². The Kier molecular flexibility index (Phi) is 4.96. The molecular formula is C15H18O4. The minimum Gasteiger partial charge on any atom is -0.481 e. The van der Waals surface area contributed by atoms with Crippen LogP contribution in [0.2, 0.25) is 0 Å². The fraction of sp³-hybridized carbons (Fsp3) is 0.400. The first-order valence-corrected chi connectivity index (χ1v) is 5.93. The summed E-state index contributed by atoms with van der Waals surface area (Å²) in [5, 5.41) is 18.3. The lowest BCUT2D eigenvalue weighted by Crippen LogP contribution is -2.26. The molecule has 1 rings (SSSR count). The smallest absolute Gasteiger partial charge is 0.309 e. The number of hydrogen-bond acceptors (Lipinski definition) is 3. The normalized spacial score (nSPS) is 10.8. The van der Waals surface area contributed by atoms with E-state index in [2.05, 4.69) is 5.92 Å². The predicted molar refractivity (Wildman–Crippen MR) is 71.8 cm³/mol. The summed E-state index contributed by atoms with van der Waals surface area (Å²) in [6, 6.07) is 5.20. The Labute approximate surface area is 113 Å². The van der Waals surface area contributed by atoms with E-state index in [1.807, 2.05) is 0 Å². The lowest BCUT2D eigenvalue weighted by molar-refractivity contribution is -0.146. The zero-order valence-electron chi connectivity index (χ0n) is 11.1. The number of carboxylic acids is 1. The maximum absolute atomic E-state index is 11.2. The molecule has 0 spiro atoms. The Balaban J connectivity index is 3.05. The molecule has 102 valence electrons. The number of hydrogen-bond donors (Lipinski definition) is 2. The third-order valence-electron chi connectivity index (χ3n) is 2.84. The van der Waals surface area contributed by atoms with Gasteiger partial charge in [0.2, 0.25) is 0 Å². The molecule has 0 aliphatic carbocycles. The molecule has 0 atom stereocenters. The van der Waals surface area contributed by atoms with E-state index in [4.69, 9.17) is 21.4 Å². The minimum absolute atomic E-state index is 0.102. The van der Waals surface area contributed by atoms with Crippen molar-refractivity contribution in [2.45, 2.75) is 26.9 Å². The molecule has 1 aromatic carbocycles. The molecule has 0 amide bonds. The Morgan fingerprint density at radius 2 is 2.16 bits per heavy atom. The zero-order valence-corrected chi connectivity index (χ0v) is 11.1. The van der Waals surface area contributed by atoms with Crippen molar-refractivity contribution in [1.82, 2.24) is 0 Å². The first kappa shape index (κ1) is 15.1. The van der Waals surface area contributed by atoms with E-state index in [1.165, 1.54) is 0 Å². The Morgan fingerprint density at radius 1 is 1.47 bits per heavy atom. The first-order chi connectivity index (χ1) is 8.90. The van der Waals surface area contributed by atoms with E-state index in [-0.39, 0.29) is 13.2 Å². The Hall–Kier alpha value is -1.99. The number of ether oxygens (including phenoxy) is 1. The molecule has 0 aliphatic heterocycles. The molecule has 0 radical (unpaired) electrons. The molecule has 0 bridgehead atoms. The van der Waals surface area contributed by atoms with Gasteiger partial charge in [-0.1, -0.05) is 18.1 Å². The second kappa shape index (κ2) is 6.26. The van der Waals surface area contributed by atoms with Crippen LogP contribution in [0.4, 0.5) is 0 Å². The highest BCUT2D eigenvalue weighted by atomic mass is 16.5. The SMILES string of the molecule is C#CCOc1cc(CO)ccc1CC(C)(C)C(=O)O. The lowest BCUT2D eigenvalue weighted by atomic mass is 9.85. The zero-order chi connectivity index (χ0) is 14.5. The lowest BCUT2D eigenvalue weighted by Gasteiger charge is -2.21. The number of aliphatic hydroxyl groups excluding tert-OH is 1. The standard InChI is InChI=1S/C15H18O4/c1-4-7-19-13-8-11(10-16)5-6-12(13)9-15(2,3)14(17)18/h1,5-6,8,16H,7,9-10H2,2-3H3,(H,17,18). The molecule has 0 fully saturated rings. The van der Waals surface area contributed by atoms with E-state index >= 15 is 0 Å². The van der Waals surface area contributed by atoms with E-state index in [0.717, 1.165) is 5.56 Å². The van der Waals surface area contributed by atoms with Gasteiger partial charge in [0.15, 0.2) is 0 Å². The minimum atomic E-state index is -0.894. The van der Waals surface area contributed by atoms with Gasteiger partial charge >= 0.3 is 5.97 Å². The molecule has 0 saturated carbocycles. The number of aliphatic hydroxyl groups is 1. The summed E-state index contributed by atoms with van der Waals surface area (Å²) in [4.78, 5) is 11.2. The van der Waals surface area contributed by atoms with Gasteiger partial charge in [-0.25, -0.2) is 0 Å². The fourth-order valence-corrected chi connectivity index (χ4v) is 1.65. The molecule has 0 saturated heterocycles. The van der Waals surface area contributed by atoms with Gasteiger partial charge in [-0.3, -0.25) is 4.79 Å². The van der Waals surface area contributed by atoms with Crippen LogP contribution in [-0.4, -0.2) is 22.8 Å². The van der Waals surface area contributed by atoms with Crippen LogP contribution in [0.3, 0.4) is 0 Å². The molecular weight excluding hydrogens is 244 g/mol. The quantitative estimate of drug-likeness (QED) is 0.768. The highest BCUT2D eigenvalue weighted by Crippen LogP contribution is 2.29. The molecule has 4 heteroatoms. The van der Waals surface area contributed by atoms with Crippen LogP contribution in [0.15, 0.2) is 18.2 Å². The topological polar surface area (TPSA) is 66.8 Å². The third kappa shape index (κ3) is 4.01. The molecule has 4 nitrogen and oxygen atoms in total. The average Bonchev–Trinajstić information content (AvgIpc) is 2.37. The molecule has 0 aromatic heterocycles. The first-order valence-electron chi connectivity index (χ1n) is 5.93. The van der Waals surface area contributed by atoms with Crippen molar-refractivity contribution in [3.8, 4) is 18.1 Å². The molecule has 1 aromatic rings. The van der Waals surface area contributed by atoms with Crippen LogP contribution >= 0.6 is 0 Å². The summed E-state index contributed by atoms with van der Waals surface area (Å²) in [5.74, 6) is 2.02. The molecule has 19 heavy (non-hydrogen) atoms. The summed E-state index contributed by atoms with van der Waals surface area (Å²) in [6.07, 6.45) is 5.48. The van der Waals surface area contributed by atoms with E-state index in [1.54, 1.807) is 32.0 Å². The van der Waals surface area contributed by atoms with Gasteiger partial charge in [-0.2, -0.15) is 0 Å². The number of benzene rings is 1. The molecule has 0 aliphatic rings. The maximum atomic E-state index is 11.2. The largest absolute Gasteiger partial charge is 0.481 e. The summed E-state index contributed by atoms with van der Waals surface area (Å²) in [7, 11) is 0. The highest BCUT2D eigenvalue weighted by Gasteiger charge is 2.28. The van der Waals surface area contributed by atoms with Crippen molar-refractivity contribution in [2.75, 3.05) is 6.61 Å². The van der Waals surface area contributed by atoms with Gasteiger partial charge in [-0.05, 0) is 37.5 Å². The number of carboxylic acid groups (broad SMARTS) is 1. The van der Waals surface area contributed by atoms with Crippen LogP contribution in [0.5, 0.6) is 5.75 Å². The molecule has 2 N–H and O–H groups in total. The van der Waals surface area contributed by atoms with E-state index in [0.29, 0.717) is 17.7 Å². The molecule has 0 heterocycles. The van der Waals surface area contributed by atoms with Crippen molar-refractivity contribution in [2.24, 2.45) is 5.41 Å². The van der Waals surface area contributed by atoms with Crippen LogP contribution < -0.4 is 4.74 Å². The summed E-state index contributed by atoms with van der Waals surface area (Å²) in [6.45, 7) is 3.31. The molecule has 0 unspecified atom stereocenters. The Morgan fingerprint density at radius 3 is 2.68 bits per heavy atom. The predicted octanol–water partition coefficient (Wildman–Crippen LogP) is 1.84. The highest BCUT2D eigenvalue weighted by molar-refractivity contribution is 5.74. The summed E-state index contributed by atoms with van der Waals surface area (Å²) < 4.78 is 5.41. The monoisotopic (exact) mass is 262 g/mol. The van der Waals surface area contributed by atoms with Crippen molar-refractivity contribution < 1.29 is 19.7 Å². The number of rotatable bonds is 6. The average molecular weight is 262 g/mol. The maximum Gasteiger partial charge on any atom is 0.309 e. The van der Waals surface area contributed by atoms with Gasteiger partial charge in [0.05, 0.1) is 12.0 Å². The summed E-state index contributed by atoms with van der Waals surface area (Å²) >= 11 is 0. The van der Waals surface area contributed by atoms with Crippen LogP contribution in [0, 0.1) is 17.8 Å². The van der Waals surface area contributed by atoms with Crippen molar-refractivity contribution >= 4 is 5.97 Å². The fourth-order valence-electron chi connectivity index (χ4n) is 1.65. The number of terminal acetylenes is 1. The second-order valence-electron chi connectivity index (χ2n) is 4.96. The van der Waals surface area contributed by atoms with Crippen molar-refractivity contribution in [3.63, 3.8) is 0 Å². The van der Waals surface area contributed by atoms with E-state index < -0.39 is 11.4 Å². The van der Waals surface area contributed by atoms with Gasteiger partial charge in [0.1, 0.15) is 12.4 Å². The van der Waals surface area contributed by atoms with Crippen molar-refractivity contribution in [1.29, 1.82) is 0 Å². The van der Waals surface area contributed by atoms with Crippen molar-refractivity contribution in [3.05, 3.63) is 29.3 Å². The van der Waals surface area contributed by atoms with E-state index in [9.17, 15) is 4.79 Å². The van der Waals surface area contributed by atoms with Gasteiger partial charge in [0.25, 0.3) is 0 Å². The third-order valence-corrected chi connectivity index (χ3v) is 2.84.